The van der Waals surface area contributed by atoms with E-state index in [1.165, 1.54) is 12.1 Å². The summed E-state index contributed by atoms with van der Waals surface area (Å²) in [6.07, 6.45) is 0.495. The molecule has 1 atom stereocenters. The van der Waals surface area contributed by atoms with Crippen LogP contribution in [0.5, 0.6) is 0 Å². The first-order valence-corrected chi connectivity index (χ1v) is 7.82. The summed E-state index contributed by atoms with van der Waals surface area (Å²) in [5.41, 5.74) is 1.72. The highest BCUT2D eigenvalue weighted by atomic mass is 32.2. The summed E-state index contributed by atoms with van der Waals surface area (Å²) >= 11 is 1.72. The average Bonchev–Trinajstić information content (AvgIpc) is 2.56. The third-order valence-electron chi connectivity index (χ3n) is 3.48. The number of fused-ring (bicyclic) bond motifs is 1. The third kappa shape index (κ3) is 3.10. The van der Waals surface area contributed by atoms with Crippen LogP contribution in [0.2, 0.25) is 0 Å². The molecule has 0 aromatic heterocycles. The molecule has 0 bridgehead atoms. The Morgan fingerprint density at radius 2 is 2.05 bits per heavy atom. The Morgan fingerprint density at radius 3 is 2.86 bits per heavy atom. The maximum atomic E-state index is 13.3. The normalized spacial score (nSPS) is 18.3. The number of carbonyl (C=O) groups is 1. The third-order valence-corrected chi connectivity index (χ3v) is 4.65. The second-order valence-electron chi connectivity index (χ2n) is 5.21. The summed E-state index contributed by atoms with van der Waals surface area (Å²) in [4.78, 5) is 15.4. The second-order valence-corrected chi connectivity index (χ2v) is 6.69. The summed E-state index contributed by atoms with van der Waals surface area (Å²) in [5.74, 6) is -0.185. The van der Waals surface area contributed by atoms with Crippen LogP contribution in [-0.2, 0) is 11.3 Å². The number of rotatable bonds is 2. The lowest BCUT2D eigenvalue weighted by Crippen LogP contribution is -2.30. The fourth-order valence-electron chi connectivity index (χ4n) is 2.52. The number of benzene rings is 2. The van der Waals surface area contributed by atoms with Crippen molar-refractivity contribution in [2.45, 2.75) is 30.0 Å². The lowest BCUT2D eigenvalue weighted by molar-refractivity contribution is -0.118. The summed E-state index contributed by atoms with van der Waals surface area (Å²) in [7, 11) is 0. The van der Waals surface area contributed by atoms with Crippen molar-refractivity contribution in [3.63, 3.8) is 0 Å². The number of anilines is 1. The van der Waals surface area contributed by atoms with Crippen LogP contribution in [0.25, 0.3) is 0 Å². The SMILES string of the molecule is CC1CC(=O)N(Cc2cccc(F)c2)c2ccccc2S1. The van der Waals surface area contributed by atoms with Crippen LogP contribution in [0.1, 0.15) is 18.9 Å². The number of para-hydroxylation sites is 1. The topological polar surface area (TPSA) is 20.3 Å². The molecule has 1 aliphatic rings. The maximum absolute atomic E-state index is 13.3. The lowest BCUT2D eigenvalue weighted by Gasteiger charge is -2.22. The zero-order valence-corrected chi connectivity index (χ0v) is 12.6. The van der Waals surface area contributed by atoms with E-state index in [-0.39, 0.29) is 17.0 Å². The number of carbonyl (C=O) groups excluding carboxylic acids is 1. The fraction of sp³-hybridized carbons (Fsp3) is 0.235. The Balaban J connectivity index is 1.97. The van der Waals surface area contributed by atoms with Gasteiger partial charge >= 0.3 is 0 Å². The van der Waals surface area contributed by atoms with Gasteiger partial charge in [0.1, 0.15) is 5.82 Å². The fourth-order valence-corrected chi connectivity index (χ4v) is 3.64. The Labute approximate surface area is 128 Å². The van der Waals surface area contributed by atoms with Crippen molar-refractivity contribution < 1.29 is 9.18 Å². The molecule has 0 N–H and O–H groups in total. The molecule has 108 valence electrons. The lowest BCUT2D eigenvalue weighted by atomic mass is 10.1. The first-order valence-electron chi connectivity index (χ1n) is 6.94. The van der Waals surface area contributed by atoms with Crippen LogP contribution >= 0.6 is 11.8 Å². The maximum Gasteiger partial charge on any atom is 0.228 e. The molecule has 1 unspecified atom stereocenters. The van der Waals surface area contributed by atoms with E-state index in [0.717, 1.165) is 16.1 Å². The predicted molar refractivity (Wildman–Crippen MR) is 84.0 cm³/mol. The van der Waals surface area contributed by atoms with Crippen molar-refractivity contribution in [3.05, 3.63) is 59.9 Å². The van der Waals surface area contributed by atoms with Gasteiger partial charge in [-0.3, -0.25) is 4.79 Å². The number of hydrogen-bond acceptors (Lipinski definition) is 2. The van der Waals surface area contributed by atoms with Gasteiger partial charge in [-0.2, -0.15) is 0 Å². The quantitative estimate of drug-likeness (QED) is 0.827. The number of halogens is 1. The highest BCUT2D eigenvalue weighted by Crippen LogP contribution is 2.38. The van der Waals surface area contributed by atoms with Gasteiger partial charge in [-0.1, -0.05) is 31.2 Å². The Bertz CT molecular complexity index is 673. The van der Waals surface area contributed by atoms with E-state index in [1.54, 1.807) is 22.7 Å². The zero-order valence-electron chi connectivity index (χ0n) is 11.8. The number of thioether (sulfide) groups is 1. The molecule has 0 fully saturated rings. The van der Waals surface area contributed by atoms with Gasteiger partial charge in [0.2, 0.25) is 5.91 Å². The van der Waals surface area contributed by atoms with Gasteiger partial charge < -0.3 is 4.90 Å². The van der Waals surface area contributed by atoms with Crippen LogP contribution in [0, 0.1) is 5.82 Å². The van der Waals surface area contributed by atoms with Gasteiger partial charge in [-0.05, 0) is 29.8 Å². The standard InChI is InChI=1S/C17H16FNOS/c1-12-9-17(20)19(11-13-5-4-6-14(18)10-13)15-7-2-3-8-16(15)21-12/h2-8,10,12H,9,11H2,1H3. The molecule has 3 rings (SSSR count). The molecule has 0 aliphatic carbocycles. The van der Waals surface area contributed by atoms with Crippen molar-refractivity contribution >= 4 is 23.4 Å². The second kappa shape index (κ2) is 5.90. The number of nitrogens with zero attached hydrogens (tertiary/aromatic N) is 1. The van der Waals surface area contributed by atoms with Gasteiger partial charge in [0, 0.05) is 16.6 Å². The van der Waals surface area contributed by atoms with Gasteiger partial charge in [-0.25, -0.2) is 4.39 Å². The molecule has 2 aromatic rings. The van der Waals surface area contributed by atoms with Crippen molar-refractivity contribution in [1.82, 2.24) is 0 Å². The van der Waals surface area contributed by atoms with Crippen molar-refractivity contribution in [1.29, 1.82) is 0 Å². The van der Waals surface area contributed by atoms with Crippen LogP contribution in [0.3, 0.4) is 0 Å². The summed E-state index contributed by atoms with van der Waals surface area (Å²) in [5, 5.41) is 0.246. The molecule has 0 saturated heterocycles. The highest BCUT2D eigenvalue weighted by molar-refractivity contribution is 8.00. The summed E-state index contributed by atoms with van der Waals surface area (Å²) < 4.78 is 13.3. The van der Waals surface area contributed by atoms with Gasteiger partial charge in [0.05, 0.1) is 12.2 Å². The molecule has 2 aromatic carbocycles. The minimum absolute atomic E-state index is 0.0872. The van der Waals surface area contributed by atoms with E-state index in [4.69, 9.17) is 0 Å². The molecule has 2 nitrogen and oxygen atoms in total. The van der Waals surface area contributed by atoms with E-state index in [2.05, 4.69) is 6.92 Å². The molecule has 1 heterocycles. The van der Waals surface area contributed by atoms with E-state index in [0.29, 0.717) is 13.0 Å². The molecule has 0 radical (unpaired) electrons. The van der Waals surface area contributed by atoms with E-state index < -0.39 is 0 Å². The van der Waals surface area contributed by atoms with Crippen molar-refractivity contribution in [2.75, 3.05) is 4.90 Å². The summed E-state index contributed by atoms with van der Waals surface area (Å²) in [6.45, 7) is 2.46. The van der Waals surface area contributed by atoms with E-state index >= 15 is 0 Å². The predicted octanol–water partition coefficient (Wildman–Crippen LogP) is 4.24. The van der Waals surface area contributed by atoms with Crippen molar-refractivity contribution in [2.24, 2.45) is 0 Å². The smallest absolute Gasteiger partial charge is 0.228 e. The minimum atomic E-state index is -0.272. The number of amides is 1. The van der Waals surface area contributed by atoms with Crippen LogP contribution in [0.15, 0.2) is 53.4 Å². The first-order chi connectivity index (χ1) is 10.1. The minimum Gasteiger partial charge on any atom is -0.307 e. The van der Waals surface area contributed by atoms with E-state index in [1.807, 2.05) is 30.3 Å². The first kappa shape index (κ1) is 14.1. The molecule has 4 heteroatoms. The molecular formula is C17H16FNOS. The molecule has 1 amide bonds. The molecular weight excluding hydrogens is 285 g/mol. The van der Waals surface area contributed by atoms with Gasteiger partial charge in [-0.15, -0.1) is 11.8 Å². The Morgan fingerprint density at radius 1 is 1.24 bits per heavy atom. The number of hydrogen-bond donors (Lipinski definition) is 0. The monoisotopic (exact) mass is 301 g/mol. The molecule has 0 spiro atoms. The van der Waals surface area contributed by atoms with Gasteiger partial charge in [0.15, 0.2) is 0 Å². The Hall–Kier alpha value is -1.81. The van der Waals surface area contributed by atoms with Crippen LogP contribution in [0.4, 0.5) is 10.1 Å². The molecule has 21 heavy (non-hydrogen) atoms. The molecule has 1 aliphatic heterocycles. The van der Waals surface area contributed by atoms with Crippen LogP contribution < -0.4 is 4.90 Å². The van der Waals surface area contributed by atoms with Gasteiger partial charge in [0.25, 0.3) is 0 Å². The van der Waals surface area contributed by atoms with Crippen molar-refractivity contribution in [3.8, 4) is 0 Å². The largest absolute Gasteiger partial charge is 0.307 e. The highest BCUT2D eigenvalue weighted by Gasteiger charge is 2.26. The van der Waals surface area contributed by atoms with Crippen LogP contribution in [-0.4, -0.2) is 11.2 Å². The summed E-state index contributed by atoms with van der Waals surface area (Å²) in [6, 6.07) is 14.3. The van der Waals surface area contributed by atoms with E-state index in [9.17, 15) is 9.18 Å². The zero-order chi connectivity index (χ0) is 14.8. The Kier molecular flexibility index (Phi) is 3.97. The average molecular weight is 301 g/mol. The molecule has 0 saturated carbocycles.